The molecular weight excluding hydrogens is 272 g/mol. The third-order valence-corrected chi connectivity index (χ3v) is 4.50. The Labute approximate surface area is 125 Å². The number of rotatable bonds is 4. The normalized spacial score (nSPS) is 28.6. The third-order valence-electron chi connectivity index (χ3n) is 4.50. The quantitative estimate of drug-likeness (QED) is 0.741. The average molecular weight is 298 g/mol. The van der Waals surface area contributed by atoms with Crippen molar-refractivity contribution in [2.24, 2.45) is 0 Å². The van der Waals surface area contributed by atoms with Gasteiger partial charge in [0.15, 0.2) is 0 Å². The minimum atomic E-state index is -0.850. The summed E-state index contributed by atoms with van der Waals surface area (Å²) in [5, 5.41) is 15.0. The fraction of sp³-hybridized carbons (Fsp3) is 0.867. The first-order chi connectivity index (χ1) is 9.99. The van der Waals surface area contributed by atoms with Crippen molar-refractivity contribution in [1.29, 1.82) is 0 Å². The van der Waals surface area contributed by atoms with Crippen LogP contribution >= 0.6 is 0 Å². The van der Waals surface area contributed by atoms with E-state index < -0.39 is 11.5 Å². The molecule has 2 amide bonds. The number of carbonyl (C=O) groups is 2. The SMILES string of the molecule is CC1CC(NC(=O)NC2(CC(=O)O)CCCCC2)CCO1. The Morgan fingerprint density at radius 3 is 2.62 bits per heavy atom. The minimum Gasteiger partial charge on any atom is -0.481 e. The van der Waals surface area contributed by atoms with E-state index in [0.29, 0.717) is 6.61 Å². The van der Waals surface area contributed by atoms with Crippen LogP contribution in [-0.4, -0.2) is 41.4 Å². The van der Waals surface area contributed by atoms with Gasteiger partial charge >= 0.3 is 12.0 Å². The molecule has 0 bridgehead atoms. The van der Waals surface area contributed by atoms with Crippen molar-refractivity contribution in [1.82, 2.24) is 10.6 Å². The van der Waals surface area contributed by atoms with Crippen LogP contribution in [0.3, 0.4) is 0 Å². The Morgan fingerprint density at radius 1 is 1.29 bits per heavy atom. The van der Waals surface area contributed by atoms with Crippen molar-refractivity contribution in [3.63, 3.8) is 0 Å². The summed E-state index contributed by atoms with van der Waals surface area (Å²) in [5.74, 6) is -0.850. The third kappa shape index (κ3) is 4.88. The highest BCUT2D eigenvalue weighted by molar-refractivity contribution is 5.77. The van der Waals surface area contributed by atoms with Crippen LogP contribution < -0.4 is 10.6 Å². The monoisotopic (exact) mass is 298 g/mol. The van der Waals surface area contributed by atoms with Crippen LogP contribution in [0.2, 0.25) is 0 Å². The van der Waals surface area contributed by atoms with E-state index in [0.717, 1.165) is 44.9 Å². The van der Waals surface area contributed by atoms with Crippen LogP contribution in [0.25, 0.3) is 0 Å². The molecular formula is C15H26N2O4. The lowest BCUT2D eigenvalue weighted by Gasteiger charge is -2.38. The second-order valence-electron chi connectivity index (χ2n) is 6.41. The van der Waals surface area contributed by atoms with Crippen LogP contribution in [0.15, 0.2) is 0 Å². The molecule has 1 aliphatic heterocycles. The van der Waals surface area contributed by atoms with Crippen LogP contribution in [0, 0.1) is 0 Å². The Balaban J connectivity index is 1.89. The number of carbonyl (C=O) groups excluding carboxylic acids is 1. The first-order valence-corrected chi connectivity index (χ1v) is 7.91. The van der Waals surface area contributed by atoms with Gasteiger partial charge in [-0.15, -0.1) is 0 Å². The first kappa shape index (κ1) is 16.1. The number of aliphatic carboxylic acids is 1. The van der Waals surface area contributed by atoms with Crippen molar-refractivity contribution in [2.75, 3.05) is 6.61 Å². The van der Waals surface area contributed by atoms with E-state index in [9.17, 15) is 9.59 Å². The zero-order valence-electron chi connectivity index (χ0n) is 12.7. The van der Waals surface area contributed by atoms with Gasteiger partial charge < -0.3 is 20.5 Å². The van der Waals surface area contributed by atoms with Crippen molar-refractivity contribution in [3.05, 3.63) is 0 Å². The van der Waals surface area contributed by atoms with Gasteiger partial charge in [-0.25, -0.2) is 4.79 Å². The van der Waals surface area contributed by atoms with Gasteiger partial charge in [0.05, 0.1) is 18.1 Å². The van der Waals surface area contributed by atoms with Gasteiger partial charge in [-0.1, -0.05) is 19.3 Å². The summed E-state index contributed by atoms with van der Waals surface area (Å²) < 4.78 is 5.46. The van der Waals surface area contributed by atoms with Gasteiger partial charge in [0.1, 0.15) is 0 Å². The molecule has 3 N–H and O–H groups in total. The zero-order chi connectivity index (χ0) is 15.3. The Morgan fingerprint density at radius 2 is 2.00 bits per heavy atom. The molecule has 6 heteroatoms. The van der Waals surface area contributed by atoms with E-state index in [-0.39, 0.29) is 24.6 Å². The van der Waals surface area contributed by atoms with E-state index >= 15 is 0 Å². The molecule has 2 unspecified atom stereocenters. The van der Waals surface area contributed by atoms with Crippen molar-refractivity contribution in [3.8, 4) is 0 Å². The number of amides is 2. The van der Waals surface area contributed by atoms with E-state index in [4.69, 9.17) is 9.84 Å². The summed E-state index contributed by atoms with van der Waals surface area (Å²) >= 11 is 0. The molecule has 1 saturated carbocycles. The molecule has 2 aliphatic rings. The topological polar surface area (TPSA) is 87.7 Å². The van der Waals surface area contributed by atoms with Gasteiger partial charge in [0.2, 0.25) is 0 Å². The van der Waals surface area contributed by atoms with E-state index in [1.807, 2.05) is 6.92 Å². The molecule has 1 saturated heterocycles. The maximum Gasteiger partial charge on any atom is 0.315 e. The highest BCUT2D eigenvalue weighted by atomic mass is 16.5. The fourth-order valence-electron chi connectivity index (χ4n) is 3.46. The predicted molar refractivity (Wildman–Crippen MR) is 78.2 cm³/mol. The molecule has 21 heavy (non-hydrogen) atoms. The van der Waals surface area contributed by atoms with Crippen LogP contribution in [-0.2, 0) is 9.53 Å². The number of carboxylic acid groups (broad SMARTS) is 1. The number of hydrogen-bond donors (Lipinski definition) is 3. The average Bonchev–Trinajstić information content (AvgIpc) is 2.38. The molecule has 2 fully saturated rings. The van der Waals surface area contributed by atoms with Gasteiger partial charge in [0.25, 0.3) is 0 Å². The van der Waals surface area contributed by atoms with Crippen molar-refractivity contribution >= 4 is 12.0 Å². The molecule has 6 nitrogen and oxygen atoms in total. The van der Waals surface area contributed by atoms with Gasteiger partial charge in [-0.3, -0.25) is 4.79 Å². The summed E-state index contributed by atoms with van der Waals surface area (Å²) in [6.07, 6.45) is 6.33. The van der Waals surface area contributed by atoms with E-state index in [2.05, 4.69) is 10.6 Å². The Bertz CT molecular complexity index is 380. The first-order valence-electron chi connectivity index (χ1n) is 7.91. The molecule has 0 aromatic carbocycles. The summed E-state index contributed by atoms with van der Waals surface area (Å²) in [5.41, 5.74) is -0.578. The Hall–Kier alpha value is -1.30. The smallest absolute Gasteiger partial charge is 0.315 e. The predicted octanol–water partition coefficient (Wildman–Crippen LogP) is 2.03. The molecule has 1 aliphatic carbocycles. The summed E-state index contributed by atoms with van der Waals surface area (Å²) in [6.45, 7) is 2.66. The number of hydrogen-bond acceptors (Lipinski definition) is 3. The summed E-state index contributed by atoms with van der Waals surface area (Å²) in [7, 11) is 0. The van der Waals surface area contributed by atoms with Crippen LogP contribution in [0.5, 0.6) is 0 Å². The Kier molecular flexibility index (Phi) is 5.45. The molecule has 2 atom stereocenters. The van der Waals surface area contributed by atoms with Crippen LogP contribution in [0.1, 0.15) is 58.3 Å². The maximum atomic E-state index is 12.2. The summed E-state index contributed by atoms with van der Waals surface area (Å²) in [6, 6.07) is -0.128. The second kappa shape index (κ2) is 7.11. The van der Waals surface area contributed by atoms with Crippen molar-refractivity contribution in [2.45, 2.75) is 76.0 Å². The van der Waals surface area contributed by atoms with Gasteiger partial charge in [-0.05, 0) is 32.6 Å². The minimum absolute atomic E-state index is 0.00456. The number of urea groups is 1. The van der Waals surface area contributed by atoms with Crippen LogP contribution in [0.4, 0.5) is 4.79 Å². The lowest BCUT2D eigenvalue weighted by molar-refractivity contribution is -0.139. The van der Waals surface area contributed by atoms with E-state index in [1.165, 1.54) is 0 Å². The summed E-state index contributed by atoms with van der Waals surface area (Å²) in [4.78, 5) is 23.3. The lowest BCUT2D eigenvalue weighted by atomic mass is 9.79. The molecule has 120 valence electrons. The molecule has 1 heterocycles. The highest BCUT2D eigenvalue weighted by Gasteiger charge is 2.36. The van der Waals surface area contributed by atoms with Crippen molar-refractivity contribution < 1.29 is 19.4 Å². The largest absolute Gasteiger partial charge is 0.481 e. The molecule has 0 aromatic heterocycles. The number of ether oxygens (including phenoxy) is 1. The van der Waals surface area contributed by atoms with Gasteiger partial charge in [-0.2, -0.15) is 0 Å². The lowest BCUT2D eigenvalue weighted by Crippen LogP contribution is -2.56. The standard InChI is InChI=1S/C15H26N2O4/c1-11-9-12(5-8-21-11)16-14(20)17-15(10-13(18)19)6-3-2-4-7-15/h11-12H,2-10H2,1H3,(H,18,19)(H2,16,17,20). The molecule has 0 spiro atoms. The zero-order valence-corrected chi connectivity index (χ0v) is 12.7. The molecule has 0 aromatic rings. The van der Waals surface area contributed by atoms with Gasteiger partial charge in [0, 0.05) is 12.6 Å². The molecule has 2 rings (SSSR count). The fourth-order valence-corrected chi connectivity index (χ4v) is 3.46. The highest BCUT2D eigenvalue weighted by Crippen LogP contribution is 2.31. The maximum absolute atomic E-state index is 12.2. The molecule has 0 radical (unpaired) electrons. The second-order valence-corrected chi connectivity index (χ2v) is 6.41. The number of carboxylic acids is 1. The number of nitrogens with one attached hydrogen (secondary N) is 2. The van der Waals surface area contributed by atoms with E-state index in [1.54, 1.807) is 0 Å².